The van der Waals surface area contributed by atoms with E-state index in [2.05, 4.69) is 9.72 Å². The summed E-state index contributed by atoms with van der Waals surface area (Å²) in [7, 11) is 2.06. The van der Waals surface area contributed by atoms with Gasteiger partial charge in [0.15, 0.2) is 0 Å². The summed E-state index contributed by atoms with van der Waals surface area (Å²) in [5.74, 6) is -3.02. The predicted octanol–water partition coefficient (Wildman–Crippen LogP) is 2.09. The fourth-order valence-electron chi connectivity index (χ4n) is 2.47. The molecule has 1 atom stereocenters. The lowest BCUT2D eigenvalue weighted by Crippen LogP contribution is -2.69. The molecule has 0 radical (unpaired) electrons. The summed E-state index contributed by atoms with van der Waals surface area (Å²) in [6.45, 7) is 1.65. The van der Waals surface area contributed by atoms with Crippen molar-refractivity contribution in [3.63, 3.8) is 0 Å². The Labute approximate surface area is 158 Å². The molecule has 0 aliphatic carbocycles. The highest BCUT2D eigenvalue weighted by Gasteiger charge is 2.67. The Morgan fingerprint density at radius 1 is 1.11 bits per heavy atom. The first kappa shape index (κ1) is 21.0. The molecule has 0 saturated heterocycles. The minimum Gasteiger partial charge on any atom is -0.496 e. The monoisotopic (exact) mass is 398 g/mol. The number of hydrogen-bond donors (Lipinski definition) is 2. The average molecular weight is 398 g/mol. The number of anilines is 1. The van der Waals surface area contributed by atoms with Gasteiger partial charge < -0.3 is 9.47 Å². The van der Waals surface area contributed by atoms with Crippen molar-refractivity contribution in [1.82, 2.24) is 5.32 Å². The number of halogens is 3. The number of rotatable bonds is 6. The Morgan fingerprint density at radius 2 is 1.79 bits per heavy atom. The zero-order chi connectivity index (χ0) is 20.9. The predicted molar refractivity (Wildman–Crippen MR) is 92.6 cm³/mol. The topological polar surface area (TPSA) is 90.8 Å². The average Bonchev–Trinajstić information content (AvgIpc) is 2.65. The summed E-state index contributed by atoms with van der Waals surface area (Å²) in [5.41, 5.74) is -3.10. The number of aromatic amines is 1. The maximum absolute atomic E-state index is 14.0. The minimum atomic E-state index is -5.24. The van der Waals surface area contributed by atoms with Crippen molar-refractivity contribution in [3.05, 3.63) is 53.7 Å². The van der Waals surface area contributed by atoms with Crippen LogP contribution >= 0.6 is 0 Å². The number of para-hydroxylation sites is 1. The molecule has 7 nitrogen and oxygen atoms in total. The van der Waals surface area contributed by atoms with Gasteiger partial charge in [0.2, 0.25) is 0 Å². The van der Waals surface area contributed by atoms with Gasteiger partial charge in [-0.05, 0) is 30.7 Å². The van der Waals surface area contributed by atoms with E-state index >= 15 is 0 Å². The van der Waals surface area contributed by atoms with Crippen molar-refractivity contribution < 1.29 is 37.2 Å². The van der Waals surface area contributed by atoms with E-state index in [0.29, 0.717) is 5.56 Å². The quantitative estimate of drug-likeness (QED) is 0.575. The molecule has 0 aliphatic rings. The third kappa shape index (κ3) is 4.16. The van der Waals surface area contributed by atoms with Crippen LogP contribution in [-0.2, 0) is 9.53 Å². The SMILES string of the molecule is COC(=O)[C@@](NC(=O)c1ccccc1OC)(Nc1cc(C)cc[nH+]1)C(F)(F)F. The van der Waals surface area contributed by atoms with Crippen LogP contribution in [0.1, 0.15) is 15.9 Å². The van der Waals surface area contributed by atoms with Crippen molar-refractivity contribution in [1.29, 1.82) is 0 Å². The molecular weight excluding hydrogens is 379 g/mol. The van der Waals surface area contributed by atoms with Crippen molar-refractivity contribution in [2.45, 2.75) is 18.8 Å². The summed E-state index contributed by atoms with van der Waals surface area (Å²) >= 11 is 0. The molecule has 10 heteroatoms. The lowest BCUT2D eigenvalue weighted by molar-refractivity contribution is -0.363. The van der Waals surface area contributed by atoms with Crippen LogP contribution in [0.15, 0.2) is 42.6 Å². The number of ether oxygens (including phenoxy) is 2. The number of methoxy groups -OCH3 is 2. The maximum atomic E-state index is 14.0. The molecule has 2 rings (SSSR count). The molecule has 0 aliphatic heterocycles. The number of H-pyrrole nitrogens is 1. The largest absolute Gasteiger partial charge is 0.496 e. The Hall–Kier alpha value is -3.30. The van der Waals surface area contributed by atoms with E-state index < -0.39 is 23.7 Å². The van der Waals surface area contributed by atoms with E-state index in [0.717, 1.165) is 7.11 Å². The Bertz CT molecular complexity index is 873. The van der Waals surface area contributed by atoms with Gasteiger partial charge in [-0.3, -0.25) is 10.1 Å². The standard InChI is InChI=1S/C18H18F3N3O4/c1-11-8-9-22-14(10-11)23-17(16(26)28-3,18(19,20)21)24-15(25)12-6-4-5-7-13(12)27-2/h4-10H,1-3H3,(H,22,23)(H,24,25)/p+1/t17-/m0/s1. The van der Waals surface area contributed by atoms with Crippen LogP contribution in [0.5, 0.6) is 5.75 Å². The number of carbonyl (C=O) groups excluding carboxylic acids is 2. The van der Waals surface area contributed by atoms with Crippen LogP contribution in [0.3, 0.4) is 0 Å². The normalized spacial score (nSPS) is 13.2. The second-order valence-electron chi connectivity index (χ2n) is 5.80. The highest BCUT2D eigenvalue weighted by Crippen LogP contribution is 2.33. The van der Waals surface area contributed by atoms with E-state index in [-0.39, 0.29) is 17.1 Å². The van der Waals surface area contributed by atoms with Crippen molar-refractivity contribution in [3.8, 4) is 5.75 Å². The number of hydrogen-bond acceptors (Lipinski definition) is 5. The molecule has 1 amide bonds. The van der Waals surface area contributed by atoms with Crippen LogP contribution in [-0.4, -0.2) is 37.9 Å². The molecule has 0 fully saturated rings. The van der Waals surface area contributed by atoms with Crippen LogP contribution in [0.25, 0.3) is 0 Å². The first-order valence-electron chi connectivity index (χ1n) is 8.02. The van der Waals surface area contributed by atoms with Gasteiger partial charge in [0.25, 0.3) is 11.7 Å². The van der Waals surface area contributed by atoms with Gasteiger partial charge in [-0.2, -0.15) is 13.2 Å². The minimum absolute atomic E-state index is 0.0445. The summed E-state index contributed by atoms with van der Waals surface area (Å²) in [5, 5.41) is 3.76. The molecule has 2 aromatic rings. The number of amides is 1. The molecule has 0 spiro atoms. The summed E-state index contributed by atoms with van der Waals surface area (Å²) in [6.07, 6.45) is -3.85. The van der Waals surface area contributed by atoms with Crippen LogP contribution in [0.4, 0.5) is 19.0 Å². The number of nitrogens with one attached hydrogen (secondary N) is 3. The van der Waals surface area contributed by atoms with Gasteiger partial charge in [-0.25, -0.2) is 15.1 Å². The fourth-order valence-corrected chi connectivity index (χ4v) is 2.47. The second kappa shape index (κ2) is 8.15. The smallest absolute Gasteiger partial charge is 0.464 e. The zero-order valence-corrected chi connectivity index (χ0v) is 15.3. The van der Waals surface area contributed by atoms with E-state index in [9.17, 15) is 22.8 Å². The van der Waals surface area contributed by atoms with Crippen molar-refractivity contribution in [2.24, 2.45) is 0 Å². The third-order valence-electron chi connectivity index (χ3n) is 3.85. The summed E-state index contributed by atoms with van der Waals surface area (Å²) in [6, 6.07) is 8.64. The van der Waals surface area contributed by atoms with Gasteiger partial charge in [0.05, 0.1) is 26.0 Å². The lowest BCUT2D eigenvalue weighted by atomic mass is 10.1. The van der Waals surface area contributed by atoms with E-state index in [1.54, 1.807) is 24.4 Å². The van der Waals surface area contributed by atoms with Crippen LogP contribution in [0, 0.1) is 6.92 Å². The molecule has 28 heavy (non-hydrogen) atoms. The Morgan fingerprint density at radius 3 is 2.36 bits per heavy atom. The highest BCUT2D eigenvalue weighted by molar-refractivity contribution is 6.01. The fraction of sp³-hybridized carbons (Fsp3) is 0.278. The van der Waals surface area contributed by atoms with Gasteiger partial charge >= 0.3 is 17.8 Å². The number of aryl methyl sites for hydroxylation is 1. The van der Waals surface area contributed by atoms with Gasteiger partial charge in [-0.15, -0.1) is 0 Å². The molecule has 0 saturated carbocycles. The van der Waals surface area contributed by atoms with Gasteiger partial charge in [0.1, 0.15) is 5.75 Å². The first-order chi connectivity index (χ1) is 13.1. The Kier molecular flexibility index (Phi) is 6.12. The molecule has 0 bridgehead atoms. The van der Waals surface area contributed by atoms with Crippen molar-refractivity contribution in [2.75, 3.05) is 19.5 Å². The molecule has 1 aromatic carbocycles. The third-order valence-corrected chi connectivity index (χ3v) is 3.85. The zero-order valence-electron chi connectivity index (χ0n) is 15.3. The van der Waals surface area contributed by atoms with E-state index in [1.165, 1.54) is 37.6 Å². The number of esters is 1. The van der Waals surface area contributed by atoms with Gasteiger partial charge in [0, 0.05) is 6.07 Å². The summed E-state index contributed by atoms with van der Waals surface area (Å²) in [4.78, 5) is 27.4. The van der Waals surface area contributed by atoms with E-state index in [1.807, 2.05) is 5.32 Å². The first-order valence-corrected chi connectivity index (χ1v) is 8.02. The second-order valence-corrected chi connectivity index (χ2v) is 5.80. The number of pyridine rings is 1. The highest BCUT2D eigenvalue weighted by atomic mass is 19.4. The van der Waals surface area contributed by atoms with Crippen molar-refractivity contribution >= 4 is 17.7 Å². The molecule has 150 valence electrons. The number of benzene rings is 1. The maximum Gasteiger partial charge on any atom is 0.464 e. The number of alkyl halides is 3. The summed E-state index contributed by atoms with van der Waals surface area (Å²) < 4.78 is 51.5. The molecule has 0 unspecified atom stereocenters. The molecular formula is C18H19F3N3O4+. The van der Waals surface area contributed by atoms with Crippen LogP contribution in [0.2, 0.25) is 0 Å². The van der Waals surface area contributed by atoms with E-state index in [4.69, 9.17) is 4.74 Å². The van der Waals surface area contributed by atoms with Gasteiger partial charge in [-0.1, -0.05) is 12.1 Å². The van der Waals surface area contributed by atoms with Crippen LogP contribution < -0.4 is 20.4 Å². The number of aromatic nitrogens is 1. The Balaban J connectivity index is 2.53. The lowest BCUT2D eigenvalue weighted by Gasteiger charge is -2.30. The number of carbonyl (C=O) groups is 2. The molecule has 1 heterocycles. The molecule has 3 N–H and O–H groups in total. The molecule has 1 aromatic heterocycles.